The molecule has 0 fully saturated rings. The van der Waals surface area contributed by atoms with E-state index in [1.165, 1.54) is 19.2 Å². The van der Waals surface area contributed by atoms with Crippen molar-refractivity contribution in [1.82, 2.24) is 4.57 Å². The van der Waals surface area contributed by atoms with Crippen LogP contribution in [-0.4, -0.2) is 22.8 Å². The van der Waals surface area contributed by atoms with Crippen molar-refractivity contribution in [1.29, 1.82) is 5.26 Å². The van der Waals surface area contributed by atoms with E-state index in [0.717, 1.165) is 28.1 Å². The number of aromatic nitrogens is 1. The largest absolute Gasteiger partial charge is 0.494 e. The van der Waals surface area contributed by atoms with Gasteiger partial charge >= 0.3 is 0 Å². The van der Waals surface area contributed by atoms with E-state index in [0.29, 0.717) is 28.3 Å². The van der Waals surface area contributed by atoms with Gasteiger partial charge in [0.25, 0.3) is 5.69 Å². The predicted octanol–water partition coefficient (Wildman–Crippen LogP) is 7.56. The van der Waals surface area contributed by atoms with Crippen LogP contribution in [0.15, 0.2) is 94.3 Å². The third kappa shape index (κ3) is 4.69. The van der Waals surface area contributed by atoms with Gasteiger partial charge in [-0.05, 0) is 31.5 Å². The normalized spacial score (nSPS) is 11.0. The molecule has 0 spiro atoms. The zero-order chi connectivity index (χ0) is 27.5. The van der Waals surface area contributed by atoms with E-state index < -0.39 is 4.92 Å². The van der Waals surface area contributed by atoms with Gasteiger partial charge in [0, 0.05) is 40.4 Å². The van der Waals surface area contributed by atoms with Crippen molar-refractivity contribution < 1.29 is 14.1 Å². The summed E-state index contributed by atoms with van der Waals surface area (Å²) in [4.78, 5) is 15.4. The monoisotopic (exact) mass is 516 g/mol. The zero-order valence-electron chi connectivity index (χ0n) is 21.6. The molecule has 39 heavy (non-hydrogen) atoms. The van der Waals surface area contributed by atoms with E-state index in [-0.39, 0.29) is 11.6 Å². The third-order valence-electron chi connectivity index (χ3n) is 6.51. The molecule has 0 amide bonds. The number of hydrogen-bond acceptors (Lipinski definition) is 6. The number of furan rings is 1. The Bertz CT molecular complexity index is 1740. The zero-order valence-corrected chi connectivity index (χ0v) is 21.6. The Kier molecular flexibility index (Phi) is 6.81. The van der Waals surface area contributed by atoms with Gasteiger partial charge in [-0.15, -0.1) is 0 Å². The topological polar surface area (TPSA) is 107 Å². The molecule has 0 unspecified atom stereocenters. The van der Waals surface area contributed by atoms with Crippen molar-refractivity contribution in [3.8, 4) is 40.0 Å². The average molecular weight is 517 g/mol. The lowest BCUT2D eigenvalue weighted by Gasteiger charge is -2.13. The number of nitro groups is 1. The second-order valence-corrected chi connectivity index (χ2v) is 8.86. The minimum Gasteiger partial charge on any atom is -0.494 e. The summed E-state index contributed by atoms with van der Waals surface area (Å²) in [7, 11) is 1.48. The molecule has 0 aliphatic heterocycles. The van der Waals surface area contributed by atoms with E-state index in [4.69, 9.17) is 9.15 Å². The summed E-state index contributed by atoms with van der Waals surface area (Å²) in [5.41, 5.74) is 5.90. The Labute approximate surface area is 225 Å². The molecule has 0 radical (unpaired) electrons. The number of aliphatic imine (C=N–C) groups is 1. The molecular formula is C31H24N4O4. The number of aryl methyl sites for hydroxylation is 1. The van der Waals surface area contributed by atoms with Gasteiger partial charge in [0.15, 0.2) is 0 Å². The Hall–Kier alpha value is -5.42. The first-order valence-corrected chi connectivity index (χ1v) is 12.2. The van der Waals surface area contributed by atoms with Gasteiger partial charge in [-0.1, -0.05) is 60.7 Å². The number of nitro benzene ring substituents is 1. The number of methoxy groups -OCH3 is 1. The predicted molar refractivity (Wildman–Crippen MR) is 150 cm³/mol. The van der Waals surface area contributed by atoms with E-state index >= 15 is 0 Å². The molecule has 2 heterocycles. The summed E-state index contributed by atoms with van der Waals surface area (Å²) in [6, 6.07) is 28.0. The van der Waals surface area contributed by atoms with Gasteiger partial charge in [0.1, 0.15) is 23.1 Å². The van der Waals surface area contributed by atoms with E-state index in [9.17, 15) is 15.4 Å². The Morgan fingerprint density at radius 1 is 1.00 bits per heavy atom. The van der Waals surface area contributed by atoms with Crippen molar-refractivity contribution in [2.75, 3.05) is 7.11 Å². The van der Waals surface area contributed by atoms with Crippen LogP contribution in [0.3, 0.4) is 0 Å². The first-order valence-electron chi connectivity index (χ1n) is 12.2. The maximum atomic E-state index is 11.2. The van der Waals surface area contributed by atoms with Gasteiger partial charge < -0.3 is 13.7 Å². The Morgan fingerprint density at radius 3 is 2.28 bits per heavy atom. The smallest absolute Gasteiger partial charge is 0.273 e. The SMILES string of the molecule is COc1cc([N+](=O)[O-])ccc1-n1c(C)cc(C=Nc2oc(-c3ccccc3)c(-c3ccccc3)c2C#N)c1C. The fourth-order valence-corrected chi connectivity index (χ4v) is 4.67. The van der Waals surface area contributed by atoms with E-state index in [2.05, 4.69) is 11.1 Å². The highest BCUT2D eigenvalue weighted by molar-refractivity contribution is 5.90. The quantitative estimate of drug-likeness (QED) is 0.126. The molecule has 0 saturated carbocycles. The highest BCUT2D eigenvalue weighted by atomic mass is 16.6. The number of nitrogens with zero attached hydrogens (tertiary/aromatic N) is 4. The number of ether oxygens (including phenoxy) is 1. The molecule has 5 rings (SSSR count). The molecule has 8 nitrogen and oxygen atoms in total. The summed E-state index contributed by atoms with van der Waals surface area (Å²) in [5, 5.41) is 21.4. The van der Waals surface area contributed by atoms with Crippen LogP contribution in [0.5, 0.6) is 5.75 Å². The van der Waals surface area contributed by atoms with Crippen molar-refractivity contribution in [3.05, 3.63) is 118 Å². The second-order valence-electron chi connectivity index (χ2n) is 8.86. The average Bonchev–Trinajstić information content (AvgIpc) is 3.48. The van der Waals surface area contributed by atoms with Gasteiger partial charge in [-0.2, -0.15) is 5.26 Å². The lowest BCUT2D eigenvalue weighted by atomic mass is 9.98. The van der Waals surface area contributed by atoms with Crippen LogP contribution in [0.2, 0.25) is 0 Å². The number of hydrogen-bond donors (Lipinski definition) is 0. The molecule has 3 aromatic carbocycles. The van der Waals surface area contributed by atoms with Crippen LogP contribution < -0.4 is 4.74 Å². The number of nitriles is 1. The number of rotatable bonds is 7. The first kappa shape index (κ1) is 25.2. The molecule has 0 atom stereocenters. The van der Waals surface area contributed by atoms with E-state index in [1.807, 2.05) is 85.1 Å². The van der Waals surface area contributed by atoms with Crippen LogP contribution in [0.1, 0.15) is 22.5 Å². The van der Waals surface area contributed by atoms with Crippen molar-refractivity contribution in [3.63, 3.8) is 0 Å². The van der Waals surface area contributed by atoms with Crippen LogP contribution in [0, 0.1) is 35.3 Å². The molecule has 0 bridgehead atoms. The molecule has 8 heteroatoms. The maximum Gasteiger partial charge on any atom is 0.273 e. The summed E-state index contributed by atoms with van der Waals surface area (Å²) in [5.74, 6) is 1.17. The molecule has 5 aromatic rings. The van der Waals surface area contributed by atoms with E-state index in [1.54, 1.807) is 12.3 Å². The minimum atomic E-state index is -0.455. The number of non-ortho nitro benzene ring substituents is 1. The second kappa shape index (κ2) is 10.5. The van der Waals surface area contributed by atoms with Gasteiger partial charge in [0.05, 0.1) is 23.8 Å². The number of benzene rings is 3. The van der Waals surface area contributed by atoms with Crippen LogP contribution in [-0.2, 0) is 0 Å². The molecule has 192 valence electrons. The molecule has 0 aliphatic rings. The lowest BCUT2D eigenvalue weighted by molar-refractivity contribution is -0.384. The fourth-order valence-electron chi connectivity index (χ4n) is 4.67. The van der Waals surface area contributed by atoms with Crippen LogP contribution in [0.4, 0.5) is 11.6 Å². The van der Waals surface area contributed by atoms with Crippen molar-refractivity contribution in [2.45, 2.75) is 13.8 Å². The van der Waals surface area contributed by atoms with Crippen molar-refractivity contribution in [2.24, 2.45) is 4.99 Å². The summed E-state index contributed by atoms with van der Waals surface area (Å²) < 4.78 is 13.6. The third-order valence-corrected chi connectivity index (χ3v) is 6.51. The van der Waals surface area contributed by atoms with Crippen molar-refractivity contribution >= 4 is 17.8 Å². The molecule has 0 aliphatic carbocycles. The first-order chi connectivity index (χ1) is 18.9. The maximum absolute atomic E-state index is 11.2. The lowest BCUT2D eigenvalue weighted by Crippen LogP contribution is -2.03. The molecular weight excluding hydrogens is 492 g/mol. The Balaban J connectivity index is 1.60. The van der Waals surface area contributed by atoms with Gasteiger partial charge in [-0.25, -0.2) is 4.99 Å². The minimum absolute atomic E-state index is 0.0508. The molecule has 0 N–H and O–H groups in total. The Morgan fingerprint density at radius 2 is 1.67 bits per heavy atom. The highest BCUT2D eigenvalue weighted by Gasteiger charge is 2.23. The standard InChI is InChI=1S/C31H24N4O4/c1-20-16-24(21(2)34(20)27-15-14-25(35(36)37)17-28(27)38-3)19-33-31-26(18-32)29(22-10-6-4-7-11-22)30(39-31)23-12-8-5-9-13-23/h4-17,19H,1-3H3. The van der Waals surface area contributed by atoms with Crippen LogP contribution >= 0.6 is 0 Å². The summed E-state index contributed by atoms with van der Waals surface area (Å²) >= 11 is 0. The molecule has 2 aromatic heterocycles. The fraction of sp³-hybridized carbons (Fsp3) is 0.0968. The molecule has 0 saturated heterocycles. The highest BCUT2D eigenvalue weighted by Crippen LogP contribution is 2.42. The van der Waals surface area contributed by atoms with Gasteiger partial charge in [-0.3, -0.25) is 10.1 Å². The summed E-state index contributed by atoms with van der Waals surface area (Å²) in [6.45, 7) is 3.85. The van der Waals surface area contributed by atoms with Crippen LogP contribution in [0.25, 0.3) is 28.1 Å². The summed E-state index contributed by atoms with van der Waals surface area (Å²) in [6.07, 6.45) is 1.67. The van der Waals surface area contributed by atoms with Gasteiger partial charge in [0.2, 0.25) is 5.88 Å².